The predicted octanol–water partition coefficient (Wildman–Crippen LogP) is 4.69. The number of halogens is 2. The van der Waals surface area contributed by atoms with Gasteiger partial charge in [-0.1, -0.05) is 28.4 Å². The summed E-state index contributed by atoms with van der Waals surface area (Å²) in [6, 6.07) is 5.26. The van der Waals surface area contributed by atoms with Crippen LogP contribution in [0.2, 0.25) is 10.0 Å². The van der Waals surface area contributed by atoms with Gasteiger partial charge in [0, 0.05) is 29.3 Å². The van der Waals surface area contributed by atoms with Crippen molar-refractivity contribution in [3.63, 3.8) is 0 Å². The van der Waals surface area contributed by atoms with Gasteiger partial charge in [0.1, 0.15) is 0 Å². The van der Waals surface area contributed by atoms with E-state index in [4.69, 9.17) is 32.1 Å². The second-order valence-electron chi connectivity index (χ2n) is 5.56. The highest BCUT2D eigenvalue weighted by molar-refractivity contribution is 6.36. The van der Waals surface area contributed by atoms with Crippen molar-refractivity contribution in [1.29, 1.82) is 0 Å². The first-order chi connectivity index (χ1) is 11.2. The van der Waals surface area contributed by atoms with Gasteiger partial charge < -0.3 is 8.94 Å². The van der Waals surface area contributed by atoms with E-state index in [1.54, 1.807) is 18.3 Å². The molecule has 0 amide bonds. The monoisotopic (exact) mass is 349 g/mol. The molecule has 0 spiro atoms. The minimum absolute atomic E-state index is 0.493. The van der Waals surface area contributed by atoms with Crippen molar-refractivity contribution in [3.05, 3.63) is 52.0 Å². The Morgan fingerprint density at radius 1 is 1.13 bits per heavy atom. The van der Waals surface area contributed by atoms with E-state index in [1.807, 2.05) is 6.07 Å². The van der Waals surface area contributed by atoms with Gasteiger partial charge in [0.05, 0.1) is 11.2 Å². The lowest BCUT2D eigenvalue weighted by Crippen LogP contribution is -1.92. The summed E-state index contributed by atoms with van der Waals surface area (Å²) in [5, 5.41) is 5.11. The Bertz CT molecular complexity index is 839. The van der Waals surface area contributed by atoms with Crippen molar-refractivity contribution >= 4 is 23.2 Å². The second-order valence-corrected chi connectivity index (χ2v) is 6.41. The number of oxazole rings is 1. The molecule has 1 aromatic carbocycles. The normalized spacial score (nSPS) is 14.3. The zero-order valence-corrected chi connectivity index (χ0v) is 13.6. The standard InChI is InChI=1S/C16H13Cl2N3O2/c17-10-3-4-11(12(18)7-10)13-8-19-14(22-13)5-6-15-20-16(21-23-15)9-1-2-9/h3-4,7-9H,1-2,5-6H2. The quantitative estimate of drug-likeness (QED) is 0.668. The van der Waals surface area contributed by atoms with Crippen LogP contribution in [0.4, 0.5) is 0 Å². The van der Waals surface area contributed by atoms with Crippen molar-refractivity contribution in [2.45, 2.75) is 31.6 Å². The third-order valence-electron chi connectivity index (χ3n) is 3.73. The summed E-state index contributed by atoms with van der Waals surface area (Å²) in [5.41, 5.74) is 0.767. The van der Waals surface area contributed by atoms with Crippen LogP contribution in [0.15, 0.2) is 33.3 Å². The summed E-state index contributed by atoms with van der Waals surface area (Å²) in [6.45, 7) is 0. The van der Waals surface area contributed by atoms with Crippen LogP contribution in [0, 0.1) is 0 Å². The number of hydrogen-bond acceptors (Lipinski definition) is 5. The Labute approximate surface area is 142 Å². The van der Waals surface area contributed by atoms with Crippen molar-refractivity contribution in [3.8, 4) is 11.3 Å². The summed E-state index contributed by atoms with van der Waals surface area (Å²) in [5.74, 6) is 3.16. The van der Waals surface area contributed by atoms with Crippen molar-refractivity contribution in [1.82, 2.24) is 15.1 Å². The molecule has 0 N–H and O–H groups in total. The van der Waals surface area contributed by atoms with Gasteiger partial charge in [-0.25, -0.2) is 4.98 Å². The van der Waals surface area contributed by atoms with E-state index in [2.05, 4.69) is 15.1 Å². The van der Waals surface area contributed by atoms with Gasteiger partial charge in [-0.2, -0.15) is 4.98 Å². The van der Waals surface area contributed by atoms with E-state index < -0.39 is 0 Å². The first kappa shape index (κ1) is 14.7. The van der Waals surface area contributed by atoms with Crippen molar-refractivity contribution < 1.29 is 8.94 Å². The van der Waals surface area contributed by atoms with Crippen LogP contribution in [0.3, 0.4) is 0 Å². The average Bonchev–Trinajstić information content (AvgIpc) is 3.09. The lowest BCUT2D eigenvalue weighted by Gasteiger charge is -2.00. The first-order valence-electron chi connectivity index (χ1n) is 7.41. The van der Waals surface area contributed by atoms with E-state index >= 15 is 0 Å². The average molecular weight is 350 g/mol. The summed E-state index contributed by atoms with van der Waals surface area (Å²) < 4.78 is 11.0. The Kier molecular flexibility index (Phi) is 3.83. The SMILES string of the molecule is Clc1ccc(-c2cnc(CCc3nc(C4CC4)no3)o2)c(Cl)c1. The Balaban J connectivity index is 1.44. The molecule has 0 atom stereocenters. The van der Waals surface area contributed by atoms with Gasteiger partial charge in [0.25, 0.3) is 0 Å². The molecule has 1 saturated carbocycles. The van der Waals surface area contributed by atoms with Crippen LogP contribution < -0.4 is 0 Å². The fraction of sp³-hybridized carbons (Fsp3) is 0.312. The van der Waals surface area contributed by atoms with Gasteiger partial charge >= 0.3 is 0 Å². The molecule has 1 fully saturated rings. The zero-order chi connectivity index (χ0) is 15.8. The molecule has 0 radical (unpaired) electrons. The van der Waals surface area contributed by atoms with E-state index in [-0.39, 0.29) is 0 Å². The van der Waals surface area contributed by atoms with E-state index in [0.29, 0.717) is 46.3 Å². The molecule has 23 heavy (non-hydrogen) atoms. The molecular formula is C16H13Cl2N3O2. The minimum atomic E-state index is 0.493. The fourth-order valence-electron chi connectivity index (χ4n) is 2.33. The van der Waals surface area contributed by atoms with Gasteiger partial charge in [0.15, 0.2) is 17.5 Å². The molecule has 2 heterocycles. The highest BCUT2D eigenvalue weighted by Crippen LogP contribution is 2.38. The number of benzene rings is 1. The Hall–Kier alpha value is -1.85. The molecule has 0 aliphatic heterocycles. The van der Waals surface area contributed by atoms with Crippen LogP contribution >= 0.6 is 23.2 Å². The topological polar surface area (TPSA) is 65.0 Å². The van der Waals surface area contributed by atoms with Gasteiger partial charge in [0.2, 0.25) is 5.89 Å². The Morgan fingerprint density at radius 2 is 1.96 bits per heavy atom. The molecule has 1 aliphatic carbocycles. The van der Waals surface area contributed by atoms with Gasteiger partial charge in [-0.3, -0.25) is 0 Å². The molecule has 0 unspecified atom stereocenters. The number of aromatic nitrogens is 3. The number of hydrogen-bond donors (Lipinski definition) is 0. The van der Waals surface area contributed by atoms with Crippen LogP contribution in [0.1, 0.15) is 36.4 Å². The molecule has 5 nitrogen and oxygen atoms in total. The largest absolute Gasteiger partial charge is 0.441 e. The van der Waals surface area contributed by atoms with Crippen LogP contribution in [-0.2, 0) is 12.8 Å². The highest BCUT2D eigenvalue weighted by atomic mass is 35.5. The second kappa shape index (κ2) is 5.98. The van der Waals surface area contributed by atoms with Crippen LogP contribution in [0.25, 0.3) is 11.3 Å². The molecule has 0 bridgehead atoms. The molecule has 7 heteroatoms. The maximum atomic E-state index is 6.18. The first-order valence-corrected chi connectivity index (χ1v) is 8.17. The zero-order valence-electron chi connectivity index (χ0n) is 12.1. The number of nitrogens with zero attached hydrogens (tertiary/aromatic N) is 3. The lowest BCUT2D eigenvalue weighted by molar-refractivity contribution is 0.368. The fourth-order valence-corrected chi connectivity index (χ4v) is 2.83. The molecule has 3 aromatic rings. The molecular weight excluding hydrogens is 337 g/mol. The van der Waals surface area contributed by atoms with Gasteiger partial charge in [-0.15, -0.1) is 0 Å². The van der Waals surface area contributed by atoms with E-state index in [1.165, 1.54) is 0 Å². The summed E-state index contributed by atoms with van der Waals surface area (Å²) in [6.07, 6.45) is 5.17. The molecule has 2 aromatic heterocycles. The number of aryl methyl sites for hydroxylation is 2. The molecule has 1 aliphatic rings. The minimum Gasteiger partial charge on any atom is -0.441 e. The van der Waals surface area contributed by atoms with Gasteiger partial charge in [-0.05, 0) is 31.0 Å². The molecule has 0 saturated heterocycles. The maximum absolute atomic E-state index is 6.18. The van der Waals surface area contributed by atoms with E-state index in [0.717, 1.165) is 24.2 Å². The highest BCUT2D eigenvalue weighted by Gasteiger charge is 2.28. The maximum Gasteiger partial charge on any atom is 0.227 e. The van der Waals surface area contributed by atoms with Crippen molar-refractivity contribution in [2.24, 2.45) is 0 Å². The summed E-state index contributed by atoms with van der Waals surface area (Å²) in [7, 11) is 0. The Morgan fingerprint density at radius 3 is 2.74 bits per heavy atom. The number of rotatable bonds is 5. The summed E-state index contributed by atoms with van der Waals surface area (Å²) >= 11 is 12.1. The van der Waals surface area contributed by atoms with E-state index in [9.17, 15) is 0 Å². The smallest absolute Gasteiger partial charge is 0.227 e. The molecule has 118 valence electrons. The third kappa shape index (κ3) is 3.26. The third-order valence-corrected chi connectivity index (χ3v) is 4.28. The van der Waals surface area contributed by atoms with Crippen molar-refractivity contribution in [2.75, 3.05) is 0 Å². The molecule has 4 rings (SSSR count). The van der Waals surface area contributed by atoms with Crippen LogP contribution in [0.5, 0.6) is 0 Å². The lowest BCUT2D eigenvalue weighted by atomic mass is 10.2. The summed E-state index contributed by atoms with van der Waals surface area (Å²) in [4.78, 5) is 8.67. The van der Waals surface area contributed by atoms with Crippen LogP contribution in [-0.4, -0.2) is 15.1 Å². The predicted molar refractivity (Wildman–Crippen MR) is 85.6 cm³/mol.